The monoisotopic (exact) mass is 209 g/mol. The largest absolute Gasteiger partial charge is 0.330 e. The molecule has 0 heterocycles. The van der Waals surface area contributed by atoms with E-state index >= 15 is 0 Å². The second kappa shape index (κ2) is 4.90. The highest BCUT2D eigenvalue weighted by Crippen LogP contribution is 2.02. The molecule has 0 aliphatic rings. The zero-order valence-electron chi connectivity index (χ0n) is 8.61. The number of rotatable bonds is 5. The van der Waals surface area contributed by atoms with Crippen molar-refractivity contribution in [1.82, 2.24) is 9.03 Å². The van der Waals surface area contributed by atoms with Crippen molar-refractivity contribution in [2.75, 3.05) is 20.6 Å². The minimum Gasteiger partial charge on any atom is -0.330 e. The van der Waals surface area contributed by atoms with Crippen LogP contribution in [0.25, 0.3) is 0 Å². The number of hydrogen-bond donors (Lipinski definition) is 2. The van der Waals surface area contributed by atoms with Gasteiger partial charge in [0, 0.05) is 20.1 Å². The molecule has 3 N–H and O–H groups in total. The molecule has 80 valence electrons. The van der Waals surface area contributed by atoms with Crippen molar-refractivity contribution in [2.45, 2.75) is 19.9 Å². The number of hydrogen-bond acceptors (Lipinski definition) is 3. The standard InChI is InChI=1S/C7H19N3O2S/c1-6(5-8)7(2)9-13(11,12)10(3)4/h6-7,9H,5,8H2,1-4H3. The highest BCUT2D eigenvalue weighted by molar-refractivity contribution is 7.87. The van der Waals surface area contributed by atoms with Crippen LogP contribution in [0.4, 0.5) is 0 Å². The third-order valence-corrected chi connectivity index (χ3v) is 3.67. The molecule has 0 rings (SSSR count). The van der Waals surface area contributed by atoms with Gasteiger partial charge >= 0.3 is 0 Å². The Labute approximate surface area is 80.5 Å². The summed E-state index contributed by atoms with van der Waals surface area (Å²) in [5.74, 6) is 0.134. The van der Waals surface area contributed by atoms with Crippen LogP contribution in [0.5, 0.6) is 0 Å². The molecule has 13 heavy (non-hydrogen) atoms. The summed E-state index contributed by atoms with van der Waals surface area (Å²) in [5, 5.41) is 0. The molecule has 0 fully saturated rings. The predicted octanol–water partition coefficient (Wildman–Crippen LogP) is -0.634. The van der Waals surface area contributed by atoms with Gasteiger partial charge in [0.1, 0.15) is 0 Å². The molecule has 0 aromatic heterocycles. The molecule has 2 atom stereocenters. The summed E-state index contributed by atoms with van der Waals surface area (Å²) >= 11 is 0. The lowest BCUT2D eigenvalue weighted by atomic mass is 10.1. The molecule has 0 aromatic carbocycles. The van der Waals surface area contributed by atoms with Crippen LogP contribution in [0.15, 0.2) is 0 Å². The fourth-order valence-corrected chi connectivity index (χ4v) is 1.57. The summed E-state index contributed by atoms with van der Waals surface area (Å²) in [6.07, 6.45) is 0. The molecule has 0 saturated heterocycles. The van der Waals surface area contributed by atoms with Crippen LogP contribution >= 0.6 is 0 Å². The van der Waals surface area contributed by atoms with E-state index in [4.69, 9.17) is 5.73 Å². The third kappa shape index (κ3) is 4.04. The molecule has 0 aliphatic heterocycles. The van der Waals surface area contributed by atoms with E-state index in [1.165, 1.54) is 14.1 Å². The SMILES string of the molecule is CC(CN)C(C)NS(=O)(=O)N(C)C. The summed E-state index contributed by atoms with van der Waals surface area (Å²) in [6.45, 7) is 4.18. The van der Waals surface area contributed by atoms with Crippen LogP contribution in [0.2, 0.25) is 0 Å². The van der Waals surface area contributed by atoms with Gasteiger partial charge in [0.2, 0.25) is 0 Å². The van der Waals surface area contributed by atoms with Gasteiger partial charge in [0.05, 0.1) is 0 Å². The molecule has 0 aromatic rings. The van der Waals surface area contributed by atoms with Gasteiger partial charge in [0.15, 0.2) is 0 Å². The average molecular weight is 209 g/mol. The zero-order valence-corrected chi connectivity index (χ0v) is 9.43. The third-order valence-electron chi connectivity index (χ3n) is 2.04. The topological polar surface area (TPSA) is 75.4 Å². The summed E-state index contributed by atoms with van der Waals surface area (Å²) < 4.78 is 26.3. The second-order valence-electron chi connectivity index (χ2n) is 3.41. The van der Waals surface area contributed by atoms with Gasteiger partial charge in [-0.1, -0.05) is 6.92 Å². The number of nitrogens with one attached hydrogen (secondary N) is 1. The lowest BCUT2D eigenvalue weighted by Crippen LogP contribution is -2.44. The summed E-state index contributed by atoms with van der Waals surface area (Å²) in [5.41, 5.74) is 5.42. The van der Waals surface area contributed by atoms with Crippen LogP contribution in [0.3, 0.4) is 0 Å². The average Bonchev–Trinajstić information content (AvgIpc) is 2.01. The quantitative estimate of drug-likeness (QED) is 0.633. The first-order valence-corrected chi connectivity index (χ1v) is 5.65. The van der Waals surface area contributed by atoms with E-state index in [-0.39, 0.29) is 12.0 Å². The molecule has 0 radical (unpaired) electrons. The molecule has 2 unspecified atom stereocenters. The van der Waals surface area contributed by atoms with E-state index in [9.17, 15) is 8.42 Å². The minimum atomic E-state index is -3.32. The number of nitrogens with two attached hydrogens (primary N) is 1. The van der Waals surface area contributed by atoms with Crippen molar-refractivity contribution in [1.29, 1.82) is 0 Å². The smallest absolute Gasteiger partial charge is 0.279 e. The van der Waals surface area contributed by atoms with E-state index in [0.717, 1.165) is 4.31 Å². The molecule has 0 spiro atoms. The van der Waals surface area contributed by atoms with Crippen molar-refractivity contribution < 1.29 is 8.42 Å². The lowest BCUT2D eigenvalue weighted by Gasteiger charge is -2.21. The Balaban J connectivity index is 4.29. The molecular formula is C7H19N3O2S. The molecule has 0 saturated carbocycles. The second-order valence-corrected chi connectivity index (χ2v) is 5.32. The maximum atomic E-state index is 11.3. The molecule has 6 heteroatoms. The van der Waals surface area contributed by atoms with E-state index in [1.54, 1.807) is 6.92 Å². The van der Waals surface area contributed by atoms with Gasteiger partial charge in [-0.05, 0) is 19.4 Å². The van der Waals surface area contributed by atoms with Gasteiger partial charge in [-0.3, -0.25) is 0 Å². The fraction of sp³-hybridized carbons (Fsp3) is 1.00. The van der Waals surface area contributed by atoms with Gasteiger partial charge in [-0.25, -0.2) is 0 Å². The van der Waals surface area contributed by atoms with Gasteiger partial charge in [-0.2, -0.15) is 17.4 Å². The van der Waals surface area contributed by atoms with Gasteiger partial charge < -0.3 is 5.73 Å². The number of nitrogens with zero attached hydrogens (tertiary/aromatic N) is 1. The highest BCUT2D eigenvalue weighted by Gasteiger charge is 2.19. The Hall–Kier alpha value is -0.170. The van der Waals surface area contributed by atoms with Crippen molar-refractivity contribution in [3.63, 3.8) is 0 Å². The fourth-order valence-electron chi connectivity index (χ4n) is 0.661. The Bertz CT molecular complexity index is 238. The summed E-state index contributed by atoms with van der Waals surface area (Å²) in [6, 6.07) is -0.141. The first-order chi connectivity index (χ1) is 5.81. The molecule has 0 bridgehead atoms. The molecule has 5 nitrogen and oxygen atoms in total. The van der Waals surface area contributed by atoms with Crippen molar-refractivity contribution in [3.8, 4) is 0 Å². The van der Waals surface area contributed by atoms with Gasteiger partial charge in [-0.15, -0.1) is 0 Å². The summed E-state index contributed by atoms with van der Waals surface area (Å²) in [7, 11) is -0.348. The van der Waals surface area contributed by atoms with Crippen molar-refractivity contribution in [3.05, 3.63) is 0 Å². The molecular weight excluding hydrogens is 190 g/mol. The van der Waals surface area contributed by atoms with Crippen LogP contribution < -0.4 is 10.5 Å². The minimum absolute atomic E-state index is 0.134. The van der Waals surface area contributed by atoms with Crippen molar-refractivity contribution >= 4 is 10.2 Å². The Morgan fingerprint density at radius 2 is 1.85 bits per heavy atom. The van der Waals surface area contributed by atoms with Crippen LogP contribution in [0, 0.1) is 5.92 Å². The van der Waals surface area contributed by atoms with Crippen LogP contribution in [-0.4, -0.2) is 39.4 Å². The zero-order chi connectivity index (χ0) is 10.6. The Kier molecular flexibility index (Phi) is 4.83. The van der Waals surface area contributed by atoms with E-state index < -0.39 is 10.2 Å². The Morgan fingerprint density at radius 1 is 1.38 bits per heavy atom. The van der Waals surface area contributed by atoms with Crippen LogP contribution in [-0.2, 0) is 10.2 Å². The molecule has 0 amide bonds. The first kappa shape index (κ1) is 12.8. The highest BCUT2D eigenvalue weighted by atomic mass is 32.2. The maximum Gasteiger partial charge on any atom is 0.279 e. The lowest BCUT2D eigenvalue weighted by molar-refractivity contribution is 0.432. The predicted molar refractivity (Wildman–Crippen MR) is 53.4 cm³/mol. The maximum absolute atomic E-state index is 11.3. The molecule has 0 aliphatic carbocycles. The first-order valence-electron chi connectivity index (χ1n) is 4.21. The van der Waals surface area contributed by atoms with Gasteiger partial charge in [0.25, 0.3) is 10.2 Å². The summed E-state index contributed by atoms with van der Waals surface area (Å²) in [4.78, 5) is 0. The van der Waals surface area contributed by atoms with Crippen molar-refractivity contribution in [2.24, 2.45) is 11.7 Å². The van der Waals surface area contributed by atoms with E-state index in [0.29, 0.717) is 6.54 Å². The van der Waals surface area contributed by atoms with Crippen LogP contribution in [0.1, 0.15) is 13.8 Å². The normalized spacial score (nSPS) is 17.4. The van der Waals surface area contributed by atoms with E-state index in [1.807, 2.05) is 6.92 Å². The van der Waals surface area contributed by atoms with E-state index in [2.05, 4.69) is 4.72 Å². The Morgan fingerprint density at radius 3 is 2.15 bits per heavy atom.